The fraction of sp³-hybridized carbons (Fsp3) is 0.722. The van der Waals surface area contributed by atoms with Gasteiger partial charge < -0.3 is 10.2 Å². The van der Waals surface area contributed by atoms with Crippen LogP contribution in [0.25, 0.3) is 0 Å². The minimum absolute atomic E-state index is 0.182. The minimum Gasteiger partial charge on any atom is -0.354 e. The topological polar surface area (TPSA) is 58.1 Å². The van der Waals surface area contributed by atoms with Gasteiger partial charge in [-0.05, 0) is 38.0 Å². The molecule has 0 spiro atoms. The van der Waals surface area contributed by atoms with E-state index in [2.05, 4.69) is 15.3 Å². The zero-order chi connectivity index (χ0) is 16.9. The van der Waals surface area contributed by atoms with Crippen LogP contribution in [0.2, 0.25) is 0 Å². The van der Waals surface area contributed by atoms with Gasteiger partial charge in [-0.2, -0.15) is 0 Å². The van der Waals surface area contributed by atoms with Crippen molar-refractivity contribution in [1.82, 2.24) is 15.3 Å². The van der Waals surface area contributed by atoms with Gasteiger partial charge in [-0.3, -0.25) is 4.79 Å². The van der Waals surface area contributed by atoms with Crippen molar-refractivity contribution in [3.8, 4) is 0 Å². The lowest BCUT2D eigenvalue weighted by Crippen LogP contribution is -2.38. The molecular weight excluding hydrogens is 307 g/mol. The summed E-state index contributed by atoms with van der Waals surface area (Å²) in [5.74, 6) is 0.688. The van der Waals surface area contributed by atoms with Crippen LogP contribution in [0.5, 0.6) is 0 Å². The van der Waals surface area contributed by atoms with Gasteiger partial charge in [-0.15, -0.1) is 0 Å². The van der Waals surface area contributed by atoms with Crippen LogP contribution < -0.4 is 10.2 Å². The molecule has 1 saturated heterocycles. The molecule has 0 aromatic carbocycles. The first kappa shape index (κ1) is 17.1. The molecular formula is C18H27FN4O. The molecule has 2 aliphatic rings. The molecule has 0 radical (unpaired) electrons. The van der Waals surface area contributed by atoms with Crippen molar-refractivity contribution in [1.29, 1.82) is 0 Å². The molecule has 24 heavy (non-hydrogen) atoms. The van der Waals surface area contributed by atoms with Crippen molar-refractivity contribution >= 4 is 11.7 Å². The summed E-state index contributed by atoms with van der Waals surface area (Å²) in [4.78, 5) is 22.3. The minimum atomic E-state index is -0.294. The van der Waals surface area contributed by atoms with Crippen LogP contribution >= 0.6 is 0 Å². The summed E-state index contributed by atoms with van der Waals surface area (Å²) in [6, 6.07) is 0.389. The molecule has 5 nitrogen and oxygen atoms in total. The summed E-state index contributed by atoms with van der Waals surface area (Å²) in [7, 11) is 0. The van der Waals surface area contributed by atoms with Crippen LogP contribution in [0.15, 0.2) is 6.33 Å². The number of nitrogens with one attached hydrogen (secondary N) is 1. The van der Waals surface area contributed by atoms with Crippen LogP contribution in [0.1, 0.15) is 57.6 Å². The second-order valence-electron chi connectivity index (χ2n) is 6.99. The van der Waals surface area contributed by atoms with Crippen molar-refractivity contribution in [3.63, 3.8) is 0 Å². The lowest BCUT2D eigenvalue weighted by molar-refractivity contribution is -0.122. The number of rotatable bonds is 5. The molecule has 132 valence electrons. The van der Waals surface area contributed by atoms with Gasteiger partial charge in [0.1, 0.15) is 6.33 Å². The number of carbonyl (C=O) groups excluding carboxylic acids is 1. The molecule has 2 fully saturated rings. The molecule has 1 aromatic heterocycles. The molecule has 3 rings (SSSR count). The monoisotopic (exact) mass is 334 g/mol. The Bertz CT molecular complexity index is 566. The molecule has 1 amide bonds. The van der Waals surface area contributed by atoms with E-state index >= 15 is 0 Å². The van der Waals surface area contributed by atoms with Gasteiger partial charge in [0.2, 0.25) is 5.91 Å². The SMILES string of the molecule is CCc1ncnc(N2CCC(CC(=O)NC3CCCC3)CC2)c1F. The second-order valence-corrected chi connectivity index (χ2v) is 6.99. The fourth-order valence-corrected chi connectivity index (χ4v) is 3.83. The van der Waals surface area contributed by atoms with E-state index in [9.17, 15) is 9.18 Å². The van der Waals surface area contributed by atoms with E-state index in [0.717, 1.165) is 38.8 Å². The van der Waals surface area contributed by atoms with Gasteiger partial charge >= 0.3 is 0 Å². The zero-order valence-corrected chi connectivity index (χ0v) is 14.4. The summed E-state index contributed by atoms with van der Waals surface area (Å²) in [5, 5.41) is 3.16. The third kappa shape index (κ3) is 4.02. The summed E-state index contributed by atoms with van der Waals surface area (Å²) in [5.41, 5.74) is 0.470. The van der Waals surface area contributed by atoms with E-state index in [4.69, 9.17) is 0 Å². The Balaban J connectivity index is 1.49. The zero-order valence-electron chi connectivity index (χ0n) is 14.4. The summed E-state index contributed by atoms with van der Waals surface area (Å²) in [6.07, 6.45) is 9.12. The van der Waals surface area contributed by atoms with Crippen molar-refractivity contribution in [3.05, 3.63) is 17.8 Å². The van der Waals surface area contributed by atoms with Crippen molar-refractivity contribution < 1.29 is 9.18 Å². The first-order chi connectivity index (χ1) is 11.7. The van der Waals surface area contributed by atoms with Crippen LogP contribution in [0.3, 0.4) is 0 Å². The molecule has 0 atom stereocenters. The molecule has 2 heterocycles. The average Bonchev–Trinajstić information content (AvgIpc) is 3.09. The number of aryl methyl sites for hydroxylation is 1. The van der Waals surface area contributed by atoms with E-state index in [1.165, 1.54) is 19.2 Å². The number of halogens is 1. The van der Waals surface area contributed by atoms with Gasteiger partial charge in [0.15, 0.2) is 11.6 Å². The van der Waals surface area contributed by atoms with Crippen molar-refractivity contribution in [2.75, 3.05) is 18.0 Å². The first-order valence-electron chi connectivity index (χ1n) is 9.21. The maximum Gasteiger partial charge on any atom is 0.220 e. The Hall–Kier alpha value is -1.72. The van der Waals surface area contributed by atoms with E-state index in [0.29, 0.717) is 36.3 Å². The highest BCUT2D eigenvalue weighted by Crippen LogP contribution is 2.27. The summed E-state index contributed by atoms with van der Waals surface area (Å²) >= 11 is 0. The van der Waals surface area contributed by atoms with Crippen LogP contribution in [0.4, 0.5) is 10.2 Å². The third-order valence-corrected chi connectivity index (χ3v) is 5.29. The quantitative estimate of drug-likeness (QED) is 0.899. The number of anilines is 1. The van der Waals surface area contributed by atoms with Gasteiger partial charge in [-0.25, -0.2) is 14.4 Å². The van der Waals surface area contributed by atoms with Gasteiger partial charge in [0.05, 0.1) is 5.69 Å². The predicted molar refractivity (Wildman–Crippen MR) is 91.3 cm³/mol. The second kappa shape index (κ2) is 7.90. The molecule has 1 saturated carbocycles. The largest absolute Gasteiger partial charge is 0.354 e. The molecule has 1 N–H and O–H groups in total. The Labute approximate surface area is 143 Å². The molecule has 1 aliphatic carbocycles. The standard InChI is InChI=1S/C18H27FN4O/c1-2-15-17(19)18(21-12-20-15)23-9-7-13(8-10-23)11-16(24)22-14-5-3-4-6-14/h12-14H,2-11H2,1H3,(H,22,24). The smallest absolute Gasteiger partial charge is 0.220 e. The van der Waals surface area contributed by atoms with E-state index in [1.54, 1.807) is 0 Å². The lowest BCUT2D eigenvalue weighted by atomic mass is 9.93. The third-order valence-electron chi connectivity index (χ3n) is 5.29. The number of hydrogen-bond acceptors (Lipinski definition) is 4. The maximum atomic E-state index is 14.4. The molecule has 0 unspecified atom stereocenters. The maximum absolute atomic E-state index is 14.4. The molecule has 6 heteroatoms. The normalized spacial score (nSPS) is 19.7. The average molecular weight is 334 g/mol. The molecule has 1 aliphatic heterocycles. The van der Waals surface area contributed by atoms with E-state index in [-0.39, 0.29) is 11.7 Å². The van der Waals surface area contributed by atoms with E-state index < -0.39 is 0 Å². The molecule has 1 aromatic rings. The van der Waals surface area contributed by atoms with Crippen molar-refractivity contribution in [2.24, 2.45) is 5.92 Å². The highest BCUT2D eigenvalue weighted by atomic mass is 19.1. The highest BCUT2D eigenvalue weighted by Gasteiger charge is 2.26. The van der Waals surface area contributed by atoms with Crippen LogP contribution in [0, 0.1) is 11.7 Å². The van der Waals surface area contributed by atoms with E-state index in [1.807, 2.05) is 11.8 Å². The summed E-state index contributed by atoms with van der Waals surface area (Å²) < 4.78 is 14.4. The number of piperidine rings is 1. The number of carbonyl (C=O) groups is 1. The Morgan fingerprint density at radius 1 is 1.25 bits per heavy atom. The number of aromatic nitrogens is 2. The molecule has 0 bridgehead atoms. The Morgan fingerprint density at radius 3 is 2.62 bits per heavy atom. The summed E-state index contributed by atoms with van der Waals surface area (Å²) in [6.45, 7) is 3.39. The Morgan fingerprint density at radius 2 is 1.96 bits per heavy atom. The lowest BCUT2D eigenvalue weighted by Gasteiger charge is -2.33. The van der Waals surface area contributed by atoms with Gasteiger partial charge in [0.25, 0.3) is 0 Å². The predicted octanol–water partition coefficient (Wildman–Crippen LogP) is 2.84. The van der Waals surface area contributed by atoms with Gasteiger partial charge in [-0.1, -0.05) is 19.8 Å². The number of amides is 1. The Kier molecular flexibility index (Phi) is 5.63. The number of nitrogens with zero attached hydrogens (tertiary/aromatic N) is 3. The van der Waals surface area contributed by atoms with Gasteiger partial charge in [0, 0.05) is 25.6 Å². The first-order valence-corrected chi connectivity index (χ1v) is 9.21. The highest BCUT2D eigenvalue weighted by molar-refractivity contribution is 5.76. The van der Waals surface area contributed by atoms with Crippen LogP contribution in [-0.4, -0.2) is 35.0 Å². The fourth-order valence-electron chi connectivity index (χ4n) is 3.83. The van der Waals surface area contributed by atoms with Crippen molar-refractivity contribution in [2.45, 2.75) is 64.3 Å². The van der Waals surface area contributed by atoms with Crippen LogP contribution in [-0.2, 0) is 11.2 Å². The number of hydrogen-bond donors (Lipinski definition) is 1.